The number of carbonyl (C=O) groups is 2. The van der Waals surface area contributed by atoms with Gasteiger partial charge in [0.05, 0.1) is 19.4 Å². The third-order valence-corrected chi connectivity index (χ3v) is 5.68. The number of benzene rings is 1. The minimum atomic E-state index is -0.0540. The summed E-state index contributed by atoms with van der Waals surface area (Å²) in [7, 11) is 1.64. The Morgan fingerprint density at radius 2 is 1.88 bits per heavy atom. The summed E-state index contributed by atoms with van der Waals surface area (Å²) in [6.45, 7) is 1.53. The van der Waals surface area contributed by atoms with Crippen molar-refractivity contribution in [1.82, 2.24) is 10.2 Å². The first-order valence-electron chi connectivity index (χ1n) is 9.89. The van der Waals surface area contributed by atoms with Gasteiger partial charge in [0.25, 0.3) is 0 Å². The standard InChI is InChI=1S/C21H30N2O3/c1-26-17-11-9-16(10-12-17)15-20(24)23-14-6-2-5-13-22-21(25)18-7-3-4-8-19(18)23/h9-12,18-19H,2-8,13-15H2,1H3,(H,22,25). The number of hydrogen-bond donors (Lipinski definition) is 1. The largest absolute Gasteiger partial charge is 0.497 e. The summed E-state index contributed by atoms with van der Waals surface area (Å²) in [5, 5.41) is 3.08. The molecule has 0 radical (unpaired) electrons. The van der Waals surface area contributed by atoms with Crippen LogP contribution in [0.15, 0.2) is 24.3 Å². The van der Waals surface area contributed by atoms with Crippen molar-refractivity contribution in [2.24, 2.45) is 5.92 Å². The van der Waals surface area contributed by atoms with E-state index in [1.165, 1.54) is 0 Å². The van der Waals surface area contributed by atoms with Gasteiger partial charge in [0.2, 0.25) is 11.8 Å². The quantitative estimate of drug-likeness (QED) is 0.904. The van der Waals surface area contributed by atoms with Gasteiger partial charge in [0.1, 0.15) is 5.75 Å². The van der Waals surface area contributed by atoms with Gasteiger partial charge in [-0.1, -0.05) is 25.0 Å². The fourth-order valence-electron chi connectivity index (χ4n) is 4.21. The molecule has 2 atom stereocenters. The molecular weight excluding hydrogens is 328 g/mol. The second-order valence-electron chi connectivity index (χ2n) is 7.42. The van der Waals surface area contributed by atoms with Gasteiger partial charge in [-0.3, -0.25) is 9.59 Å². The monoisotopic (exact) mass is 358 g/mol. The molecule has 2 fully saturated rings. The number of hydrogen-bond acceptors (Lipinski definition) is 3. The van der Waals surface area contributed by atoms with Crippen LogP contribution in [0.4, 0.5) is 0 Å². The third kappa shape index (κ3) is 4.57. The molecule has 26 heavy (non-hydrogen) atoms. The smallest absolute Gasteiger partial charge is 0.227 e. The Kier molecular flexibility index (Phi) is 6.53. The molecule has 0 aromatic heterocycles. The van der Waals surface area contributed by atoms with Crippen LogP contribution in [0.1, 0.15) is 50.5 Å². The van der Waals surface area contributed by atoms with Crippen molar-refractivity contribution in [2.75, 3.05) is 20.2 Å². The number of nitrogens with zero attached hydrogens (tertiary/aromatic N) is 1. The van der Waals surface area contributed by atoms with E-state index in [1.807, 2.05) is 29.2 Å². The molecule has 5 heteroatoms. The molecule has 1 aromatic rings. The highest BCUT2D eigenvalue weighted by Gasteiger charge is 2.36. The Morgan fingerprint density at radius 1 is 1.12 bits per heavy atom. The van der Waals surface area contributed by atoms with E-state index in [9.17, 15) is 9.59 Å². The van der Waals surface area contributed by atoms with Gasteiger partial charge in [0, 0.05) is 19.1 Å². The molecule has 2 amide bonds. The van der Waals surface area contributed by atoms with Crippen molar-refractivity contribution < 1.29 is 14.3 Å². The van der Waals surface area contributed by atoms with E-state index in [4.69, 9.17) is 4.74 Å². The summed E-state index contributed by atoms with van der Waals surface area (Å²) >= 11 is 0. The lowest BCUT2D eigenvalue weighted by molar-refractivity contribution is -0.138. The summed E-state index contributed by atoms with van der Waals surface area (Å²) < 4.78 is 5.19. The van der Waals surface area contributed by atoms with Gasteiger partial charge in [-0.2, -0.15) is 0 Å². The van der Waals surface area contributed by atoms with Crippen LogP contribution in [-0.4, -0.2) is 43.0 Å². The average Bonchev–Trinajstić information content (AvgIpc) is 2.67. The predicted octanol–water partition coefficient (Wildman–Crippen LogP) is 2.93. The molecule has 0 spiro atoms. The minimum Gasteiger partial charge on any atom is -0.497 e. The first-order chi connectivity index (χ1) is 12.7. The van der Waals surface area contributed by atoms with Crippen molar-refractivity contribution in [3.05, 3.63) is 29.8 Å². The minimum absolute atomic E-state index is 0.0487. The fourth-order valence-corrected chi connectivity index (χ4v) is 4.21. The van der Waals surface area contributed by atoms with Crippen molar-refractivity contribution in [3.63, 3.8) is 0 Å². The molecule has 2 unspecified atom stereocenters. The number of ether oxygens (including phenoxy) is 1. The summed E-state index contributed by atoms with van der Waals surface area (Å²) in [6.07, 6.45) is 7.43. The van der Waals surface area contributed by atoms with Gasteiger partial charge in [-0.25, -0.2) is 0 Å². The first-order valence-corrected chi connectivity index (χ1v) is 9.89. The molecule has 2 aliphatic rings. The number of methoxy groups -OCH3 is 1. The zero-order valence-corrected chi connectivity index (χ0v) is 15.7. The van der Waals surface area contributed by atoms with E-state index in [1.54, 1.807) is 7.11 Å². The van der Waals surface area contributed by atoms with Crippen LogP contribution < -0.4 is 10.1 Å². The van der Waals surface area contributed by atoms with E-state index in [0.717, 1.165) is 69.3 Å². The van der Waals surface area contributed by atoms with Gasteiger partial charge in [0.15, 0.2) is 0 Å². The highest BCUT2D eigenvalue weighted by atomic mass is 16.5. The highest BCUT2D eigenvalue weighted by Crippen LogP contribution is 2.30. The number of carbonyl (C=O) groups excluding carboxylic acids is 2. The average molecular weight is 358 g/mol. The van der Waals surface area contributed by atoms with Crippen LogP contribution in [0, 0.1) is 5.92 Å². The molecule has 1 aromatic carbocycles. The Balaban J connectivity index is 1.75. The van der Waals surface area contributed by atoms with E-state index in [-0.39, 0.29) is 23.8 Å². The molecule has 1 saturated carbocycles. The second-order valence-corrected chi connectivity index (χ2v) is 7.42. The van der Waals surface area contributed by atoms with E-state index >= 15 is 0 Å². The molecular formula is C21H30N2O3. The summed E-state index contributed by atoms with van der Waals surface area (Å²) in [4.78, 5) is 27.7. The lowest BCUT2D eigenvalue weighted by atomic mass is 9.82. The maximum atomic E-state index is 13.1. The molecule has 3 rings (SSSR count). The Labute approximate surface area is 156 Å². The molecule has 0 bridgehead atoms. The predicted molar refractivity (Wildman–Crippen MR) is 101 cm³/mol. The van der Waals surface area contributed by atoms with Gasteiger partial charge in [-0.05, 0) is 49.8 Å². The number of fused-ring (bicyclic) bond motifs is 1. The van der Waals surface area contributed by atoms with Crippen LogP contribution in [0.5, 0.6) is 5.75 Å². The van der Waals surface area contributed by atoms with Crippen LogP contribution in [-0.2, 0) is 16.0 Å². The zero-order chi connectivity index (χ0) is 18.4. The lowest BCUT2D eigenvalue weighted by Crippen LogP contribution is -2.52. The maximum Gasteiger partial charge on any atom is 0.227 e. The lowest BCUT2D eigenvalue weighted by Gasteiger charge is -2.40. The SMILES string of the molecule is COc1ccc(CC(=O)N2CCCCCNC(=O)C3CCCCC32)cc1. The van der Waals surface area contributed by atoms with Gasteiger partial charge in [-0.15, -0.1) is 0 Å². The Morgan fingerprint density at radius 3 is 2.65 bits per heavy atom. The summed E-state index contributed by atoms with van der Waals surface area (Å²) in [6, 6.07) is 7.73. The van der Waals surface area contributed by atoms with Crippen LogP contribution in [0.25, 0.3) is 0 Å². The van der Waals surface area contributed by atoms with Crippen LogP contribution >= 0.6 is 0 Å². The highest BCUT2D eigenvalue weighted by molar-refractivity contribution is 5.83. The molecule has 1 saturated heterocycles. The van der Waals surface area contributed by atoms with E-state index in [0.29, 0.717) is 6.42 Å². The molecule has 142 valence electrons. The van der Waals surface area contributed by atoms with Crippen LogP contribution in [0.3, 0.4) is 0 Å². The topological polar surface area (TPSA) is 58.6 Å². The summed E-state index contributed by atoms with van der Waals surface area (Å²) in [5.74, 6) is 1.02. The Hall–Kier alpha value is -2.04. The van der Waals surface area contributed by atoms with E-state index < -0.39 is 0 Å². The first kappa shape index (κ1) is 18.7. The summed E-state index contributed by atoms with van der Waals surface area (Å²) in [5.41, 5.74) is 0.990. The molecule has 1 N–H and O–H groups in total. The van der Waals surface area contributed by atoms with Crippen molar-refractivity contribution in [3.8, 4) is 5.75 Å². The molecule has 5 nitrogen and oxygen atoms in total. The third-order valence-electron chi connectivity index (χ3n) is 5.68. The van der Waals surface area contributed by atoms with E-state index in [2.05, 4.69) is 5.32 Å². The van der Waals surface area contributed by atoms with Crippen LogP contribution in [0.2, 0.25) is 0 Å². The van der Waals surface area contributed by atoms with Crippen molar-refractivity contribution in [2.45, 2.75) is 57.4 Å². The number of rotatable bonds is 3. The molecule has 1 aliphatic carbocycles. The zero-order valence-electron chi connectivity index (χ0n) is 15.7. The second kappa shape index (κ2) is 9.06. The van der Waals surface area contributed by atoms with Gasteiger partial charge < -0.3 is 15.0 Å². The molecule has 1 aliphatic heterocycles. The Bertz CT molecular complexity index is 614. The van der Waals surface area contributed by atoms with Crippen molar-refractivity contribution in [1.29, 1.82) is 0 Å². The normalized spacial score (nSPS) is 24.3. The molecule has 1 heterocycles. The maximum absolute atomic E-state index is 13.1. The van der Waals surface area contributed by atoms with Gasteiger partial charge >= 0.3 is 0 Å². The van der Waals surface area contributed by atoms with Crippen molar-refractivity contribution >= 4 is 11.8 Å². The number of amides is 2. The number of nitrogens with one attached hydrogen (secondary N) is 1. The fraction of sp³-hybridized carbons (Fsp3) is 0.619.